The molecule has 4 nitrogen and oxygen atoms in total. The van der Waals surface area contributed by atoms with Gasteiger partial charge in [0.1, 0.15) is 0 Å². The van der Waals surface area contributed by atoms with Crippen molar-refractivity contribution in [2.45, 2.75) is 24.2 Å². The molecule has 0 aromatic heterocycles. The van der Waals surface area contributed by atoms with E-state index < -0.39 is 0 Å². The minimum atomic E-state index is -0.146. The van der Waals surface area contributed by atoms with E-state index in [1.807, 2.05) is 59.5 Å². The second kappa shape index (κ2) is 9.81. The molecular formula is C21H23ClN2O2S. The van der Waals surface area contributed by atoms with E-state index in [1.165, 1.54) is 0 Å². The van der Waals surface area contributed by atoms with E-state index in [9.17, 15) is 9.59 Å². The highest BCUT2D eigenvalue weighted by atomic mass is 35.5. The molecule has 6 heteroatoms. The van der Waals surface area contributed by atoms with E-state index in [4.69, 9.17) is 11.6 Å². The van der Waals surface area contributed by atoms with Crippen molar-refractivity contribution in [3.8, 4) is 0 Å². The summed E-state index contributed by atoms with van der Waals surface area (Å²) < 4.78 is 0. The molecule has 0 bridgehead atoms. The molecule has 1 unspecified atom stereocenters. The minimum Gasteiger partial charge on any atom is -0.342 e. The number of halogens is 1. The summed E-state index contributed by atoms with van der Waals surface area (Å²) in [7, 11) is 0. The lowest BCUT2D eigenvalue weighted by Gasteiger charge is -2.32. The zero-order chi connectivity index (χ0) is 19.1. The number of carbonyl (C=O) groups excluding carboxylic acids is 2. The van der Waals surface area contributed by atoms with Crippen LogP contribution in [0.1, 0.15) is 19.3 Å². The maximum atomic E-state index is 12.5. The molecule has 2 aromatic carbocycles. The second-order valence-corrected chi connectivity index (χ2v) is 8.19. The molecule has 27 heavy (non-hydrogen) atoms. The quantitative estimate of drug-likeness (QED) is 0.712. The van der Waals surface area contributed by atoms with Crippen molar-refractivity contribution in [3.05, 3.63) is 59.6 Å². The van der Waals surface area contributed by atoms with E-state index >= 15 is 0 Å². The number of carbonyl (C=O) groups is 2. The number of hydrogen-bond acceptors (Lipinski definition) is 3. The standard InChI is InChI=1S/C21H23ClN2O2S/c22-17-8-10-19(11-9-17)27-14-12-20(25)24-13-4-5-16(15-24)21(26)23-18-6-2-1-3-7-18/h1-3,6-11,16H,4-5,12-15H2,(H,23,26). The number of benzene rings is 2. The molecule has 2 amide bonds. The van der Waals surface area contributed by atoms with Crippen molar-refractivity contribution < 1.29 is 9.59 Å². The van der Waals surface area contributed by atoms with Crippen LogP contribution in [0, 0.1) is 5.92 Å². The highest BCUT2D eigenvalue weighted by Crippen LogP contribution is 2.23. The lowest BCUT2D eigenvalue weighted by Crippen LogP contribution is -2.43. The van der Waals surface area contributed by atoms with Crippen molar-refractivity contribution in [2.24, 2.45) is 5.92 Å². The van der Waals surface area contributed by atoms with Gasteiger partial charge in [-0.25, -0.2) is 0 Å². The van der Waals surface area contributed by atoms with Crippen LogP contribution < -0.4 is 5.32 Å². The van der Waals surface area contributed by atoms with Gasteiger partial charge in [-0.05, 0) is 49.2 Å². The van der Waals surface area contributed by atoms with Crippen LogP contribution in [0.4, 0.5) is 5.69 Å². The Labute approximate surface area is 169 Å². The van der Waals surface area contributed by atoms with E-state index in [-0.39, 0.29) is 17.7 Å². The summed E-state index contributed by atoms with van der Waals surface area (Å²) in [5.74, 6) is 0.687. The Balaban J connectivity index is 1.46. The molecule has 142 valence electrons. The smallest absolute Gasteiger partial charge is 0.229 e. The molecule has 2 aromatic rings. The number of likely N-dealkylation sites (tertiary alicyclic amines) is 1. The van der Waals surface area contributed by atoms with Crippen molar-refractivity contribution in [1.29, 1.82) is 0 Å². The number of nitrogens with zero attached hydrogens (tertiary/aromatic N) is 1. The molecule has 0 saturated carbocycles. The maximum absolute atomic E-state index is 12.5. The van der Waals surface area contributed by atoms with E-state index in [0.29, 0.717) is 18.0 Å². The third-order valence-corrected chi connectivity index (χ3v) is 5.85. The van der Waals surface area contributed by atoms with Gasteiger partial charge in [0.2, 0.25) is 11.8 Å². The molecule has 1 heterocycles. The number of rotatable bonds is 6. The van der Waals surface area contributed by atoms with Crippen LogP contribution in [0.2, 0.25) is 5.02 Å². The molecule has 0 aliphatic carbocycles. The fourth-order valence-corrected chi connectivity index (χ4v) is 4.10. The first kappa shape index (κ1) is 19.8. The molecule has 1 saturated heterocycles. The number of para-hydroxylation sites is 1. The van der Waals surface area contributed by atoms with Crippen LogP contribution in [0.3, 0.4) is 0 Å². The normalized spacial score (nSPS) is 16.8. The van der Waals surface area contributed by atoms with Crippen LogP contribution in [-0.4, -0.2) is 35.6 Å². The highest BCUT2D eigenvalue weighted by molar-refractivity contribution is 7.99. The Hall–Kier alpha value is -1.98. The third-order valence-electron chi connectivity index (χ3n) is 4.58. The van der Waals surface area contributed by atoms with E-state index in [2.05, 4.69) is 5.32 Å². The van der Waals surface area contributed by atoms with Crippen molar-refractivity contribution in [2.75, 3.05) is 24.2 Å². The van der Waals surface area contributed by atoms with Gasteiger partial charge in [-0.15, -0.1) is 11.8 Å². The molecule has 1 fully saturated rings. The molecule has 1 aliphatic rings. The van der Waals surface area contributed by atoms with Gasteiger partial charge in [-0.1, -0.05) is 29.8 Å². The molecule has 0 spiro atoms. The monoisotopic (exact) mass is 402 g/mol. The number of amides is 2. The summed E-state index contributed by atoms with van der Waals surface area (Å²) in [5.41, 5.74) is 0.797. The minimum absolute atomic E-state index is 0.00533. The van der Waals surface area contributed by atoms with Crippen LogP contribution in [0.5, 0.6) is 0 Å². The molecule has 0 radical (unpaired) electrons. The average molecular weight is 403 g/mol. The second-order valence-electron chi connectivity index (χ2n) is 6.59. The Morgan fingerprint density at radius 3 is 2.59 bits per heavy atom. The van der Waals surface area contributed by atoms with Crippen molar-refractivity contribution in [3.63, 3.8) is 0 Å². The molecule has 1 aliphatic heterocycles. The Kier molecular flexibility index (Phi) is 7.18. The van der Waals surface area contributed by atoms with Crippen molar-refractivity contribution in [1.82, 2.24) is 4.90 Å². The summed E-state index contributed by atoms with van der Waals surface area (Å²) >= 11 is 7.53. The van der Waals surface area contributed by atoms with E-state index in [1.54, 1.807) is 11.8 Å². The summed E-state index contributed by atoms with van der Waals surface area (Å²) in [5, 5.41) is 3.66. The van der Waals surface area contributed by atoms with Crippen LogP contribution in [-0.2, 0) is 9.59 Å². The largest absolute Gasteiger partial charge is 0.342 e. The van der Waals surface area contributed by atoms with Crippen LogP contribution in [0.25, 0.3) is 0 Å². The number of piperidine rings is 1. The number of anilines is 1. The fraction of sp³-hybridized carbons (Fsp3) is 0.333. The van der Waals surface area contributed by atoms with Gasteiger partial charge in [-0.2, -0.15) is 0 Å². The van der Waals surface area contributed by atoms with E-state index in [0.717, 1.165) is 35.7 Å². The van der Waals surface area contributed by atoms with Gasteiger partial charge >= 0.3 is 0 Å². The topological polar surface area (TPSA) is 49.4 Å². The molecule has 1 N–H and O–H groups in total. The lowest BCUT2D eigenvalue weighted by atomic mass is 9.96. The van der Waals surface area contributed by atoms with Gasteiger partial charge in [0.05, 0.1) is 5.92 Å². The average Bonchev–Trinajstić information content (AvgIpc) is 2.70. The zero-order valence-electron chi connectivity index (χ0n) is 15.1. The first-order chi connectivity index (χ1) is 13.1. The first-order valence-electron chi connectivity index (χ1n) is 9.14. The molecule has 3 rings (SSSR count). The number of hydrogen-bond donors (Lipinski definition) is 1. The maximum Gasteiger partial charge on any atom is 0.229 e. The summed E-state index contributed by atoms with van der Waals surface area (Å²) in [6.45, 7) is 1.24. The van der Waals surface area contributed by atoms with Crippen molar-refractivity contribution >= 4 is 40.9 Å². The van der Waals surface area contributed by atoms with Gasteiger partial charge < -0.3 is 10.2 Å². The summed E-state index contributed by atoms with van der Waals surface area (Å²) in [4.78, 5) is 28.0. The SMILES string of the molecule is O=C(Nc1ccccc1)C1CCCN(C(=O)CCSc2ccc(Cl)cc2)C1. The van der Waals surface area contributed by atoms with Gasteiger partial charge in [0, 0.05) is 40.9 Å². The van der Waals surface area contributed by atoms with Gasteiger partial charge in [-0.3, -0.25) is 9.59 Å². The molecule has 1 atom stereocenters. The predicted molar refractivity (Wildman–Crippen MR) is 111 cm³/mol. The molecular weight excluding hydrogens is 380 g/mol. The first-order valence-corrected chi connectivity index (χ1v) is 10.5. The fourth-order valence-electron chi connectivity index (χ4n) is 3.13. The Bertz CT molecular complexity index is 768. The Morgan fingerprint density at radius 2 is 1.85 bits per heavy atom. The summed E-state index contributed by atoms with van der Waals surface area (Å²) in [6.07, 6.45) is 2.16. The Morgan fingerprint density at radius 1 is 1.11 bits per heavy atom. The van der Waals surface area contributed by atoms with Crippen LogP contribution >= 0.6 is 23.4 Å². The van der Waals surface area contributed by atoms with Crippen LogP contribution in [0.15, 0.2) is 59.5 Å². The zero-order valence-corrected chi connectivity index (χ0v) is 16.6. The third kappa shape index (κ3) is 6.01. The number of nitrogens with one attached hydrogen (secondary N) is 1. The summed E-state index contributed by atoms with van der Waals surface area (Å²) in [6, 6.07) is 17.1. The number of thioether (sulfide) groups is 1. The predicted octanol–water partition coefficient (Wildman–Crippen LogP) is 4.70. The van der Waals surface area contributed by atoms with Gasteiger partial charge in [0.25, 0.3) is 0 Å². The lowest BCUT2D eigenvalue weighted by molar-refractivity contribution is -0.134. The highest BCUT2D eigenvalue weighted by Gasteiger charge is 2.28. The van der Waals surface area contributed by atoms with Gasteiger partial charge in [0.15, 0.2) is 0 Å².